The molecular formula is C19H26N2O3S. The summed E-state index contributed by atoms with van der Waals surface area (Å²) in [4.78, 5) is 13.0. The number of hydrogen-bond acceptors (Lipinski definition) is 3. The molecule has 3 atom stereocenters. The van der Waals surface area contributed by atoms with Crippen molar-refractivity contribution in [3.05, 3.63) is 29.3 Å². The summed E-state index contributed by atoms with van der Waals surface area (Å²) in [5.41, 5.74) is 1.31. The normalized spacial score (nSPS) is 29.2. The Morgan fingerprint density at radius 2 is 1.92 bits per heavy atom. The van der Waals surface area contributed by atoms with Crippen molar-refractivity contribution in [3.63, 3.8) is 0 Å². The minimum absolute atomic E-state index is 0.131. The van der Waals surface area contributed by atoms with Gasteiger partial charge in [-0.3, -0.25) is 4.79 Å². The Morgan fingerprint density at radius 1 is 1.16 bits per heavy atom. The molecule has 25 heavy (non-hydrogen) atoms. The van der Waals surface area contributed by atoms with E-state index in [0.717, 1.165) is 30.7 Å². The zero-order valence-electron chi connectivity index (χ0n) is 14.7. The van der Waals surface area contributed by atoms with Crippen molar-refractivity contribution < 1.29 is 13.2 Å². The van der Waals surface area contributed by atoms with Crippen LogP contribution in [0, 0.1) is 18.8 Å². The van der Waals surface area contributed by atoms with Crippen LogP contribution in [0.25, 0.3) is 0 Å². The van der Waals surface area contributed by atoms with Gasteiger partial charge in [-0.2, -0.15) is 4.31 Å². The number of nitrogens with zero attached hydrogens (tertiary/aromatic N) is 1. The van der Waals surface area contributed by atoms with Crippen molar-refractivity contribution in [3.8, 4) is 0 Å². The average Bonchev–Trinajstić information content (AvgIpc) is 3.33. The summed E-state index contributed by atoms with van der Waals surface area (Å²) in [5, 5.41) is 3.17. The van der Waals surface area contributed by atoms with Crippen molar-refractivity contribution in [2.24, 2.45) is 11.8 Å². The molecule has 2 bridgehead atoms. The van der Waals surface area contributed by atoms with Crippen LogP contribution in [0.2, 0.25) is 0 Å². The SMILES string of the molecule is Cc1ccc(S(=O)(=O)N2CCCC2)cc1C(=O)NC1CC2CCC1C2. The van der Waals surface area contributed by atoms with Gasteiger partial charge < -0.3 is 5.32 Å². The Kier molecular flexibility index (Phi) is 4.36. The summed E-state index contributed by atoms with van der Waals surface area (Å²) in [6, 6.07) is 5.19. The maximum absolute atomic E-state index is 12.8. The molecule has 1 heterocycles. The number of carbonyl (C=O) groups is 1. The third-order valence-corrected chi connectivity index (χ3v) is 8.11. The first-order valence-electron chi connectivity index (χ1n) is 9.37. The van der Waals surface area contributed by atoms with Gasteiger partial charge in [0, 0.05) is 24.7 Å². The molecule has 1 aliphatic heterocycles. The van der Waals surface area contributed by atoms with Crippen LogP contribution in [0.3, 0.4) is 0 Å². The first-order valence-corrected chi connectivity index (χ1v) is 10.8. The van der Waals surface area contributed by atoms with Crippen LogP contribution in [0.4, 0.5) is 0 Å². The molecule has 1 aromatic rings. The van der Waals surface area contributed by atoms with Crippen LogP contribution in [0.1, 0.15) is 54.4 Å². The van der Waals surface area contributed by atoms with E-state index in [-0.39, 0.29) is 16.8 Å². The smallest absolute Gasteiger partial charge is 0.251 e. The van der Waals surface area contributed by atoms with Gasteiger partial charge in [0.05, 0.1) is 4.90 Å². The van der Waals surface area contributed by atoms with E-state index in [0.29, 0.717) is 24.6 Å². The van der Waals surface area contributed by atoms with Gasteiger partial charge >= 0.3 is 0 Å². The molecule has 1 N–H and O–H groups in total. The lowest BCUT2D eigenvalue weighted by Crippen LogP contribution is -2.38. The quantitative estimate of drug-likeness (QED) is 0.895. The maximum atomic E-state index is 12.8. The summed E-state index contributed by atoms with van der Waals surface area (Å²) < 4.78 is 27.1. The molecule has 1 amide bonds. The Balaban J connectivity index is 1.56. The summed E-state index contributed by atoms with van der Waals surface area (Å²) in [5.74, 6) is 1.23. The summed E-state index contributed by atoms with van der Waals surface area (Å²) >= 11 is 0. The number of rotatable bonds is 4. The molecule has 0 radical (unpaired) electrons. The number of fused-ring (bicyclic) bond motifs is 2. The van der Waals surface area contributed by atoms with Gasteiger partial charge in [-0.25, -0.2) is 8.42 Å². The van der Waals surface area contributed by atoms with E-state index >= 15 is 0 Å². The van der Waals surface area contributed by atoms with E-state index in [4.69, 9.17) is 0 Å². The van der Waals surface area contributed by atoms with E-state index in [1.54, 1.807) is 18.2 Å². The van der Waals surface area contributed by atoms with E-state index in [9.17, 15) is 13.2 Å². The van der Waals surface area contributed by atoms with Crippen molar-refractivity contribution in [1.82, 2.24) is 9.62 Å². The second-order valence-corrected chi connectivity index (χ2v) is 9.78. The van der Waals surface area contributed by atoms with Crippen LogP contribution in [-0.2, 0) is 10.0 Å². The molecule has 2 saturated carbocycles. The van der Waals surface area contributed by atoms with E-state index in [1.807, 2.05) is 6.92 Å². The van der Waals surface area contributed by atoms with Crippen molar-refractivity contribution >= 4 is 15.9 Å². The third kappa shape index (κ3) is 3.10. The number of benzene rings is 1. The van der Waals surface area contributed by atoms with Gasteiger partial charge in [0.1, 0.15) is 0 Å². The highest BCUT2D eigenvalue weighted by atomic mass is 32.2. The lowest BCUT2D eigenvalue weighted by molar-refractivity contribution is 0.0922. The number of aryl methyl sites for hydroxylation is 1. The fraction of sp³-hybridized carbons (Fsp3) is 0.632. The fourth-order valence-electron chi connectivity index (χ4n) is 4.75. The first kappa shape index (κ1) is 17.0. The van der Waals surface area contributed by atoms with Gasteiger partial charge in [0.25, 0.3) is 5.91 Å². The third-order valence-electron chi connectivity index (χ3n) is 6.21. The molecule has 5 nitrogen and oxygen atoms in total. The van der Waals surface area contributed by atoms with E-state index in [2.05, 4.69) is 5.32 Å². The van der Waals surface area contributed by atoms with Crippen molar-refractivity contribution in [1.29, 1.82) is 0 Å². The Morgan fingerprint density at radius 3 is 2.56 bits per heavy atom. The average molecular weight is 362 g/mol. The highest BCUT2D eigenvalue weighted by molar-refractivity contribution is 7.89. The fourth-order valence-corrected chi connectivity index (χ4v) is 6.30. The van der Waals surface area contributed by atoms with Gasteiger partial charge in [0.15, 0.2) is 0 Å². The zero-order chi connectivity index (χ0) is 17.6. The number of sulfonamides is 1. The van der Waals surface area contributed by atoms with Gasteiger partial charge in [-0.15, -0.1) is 0 Å². The molecule has 4 rings (SSSR count). The lowest BCUT2D eigenvalue weighted by atomic mass is 9.95. The molecule has 1 saturated heterocycles. The monoisotopic (exact) mass is 362 g/mol. The van der Waals surface area contributed by atoms with Gasteiger partial charge in [0.2, 0.25) is 10.0 Å². The van der Waals surface area contributed by atoms with E-state index < -0.39 is 10.0 Å². The molecule has 6 heteroatoms. The topological polar surface area (TPSA) is 66.5 Å². The largest absolute Gasteiger partial charge is 0.349 e. The highest BCUT2D eigenvalue weighted by Crippen LogP contribution is 2.44. The number of carbonyl (C=O) groups excluding carboxylic acids is 1. The first-order chi connectivity index (χ1) is 11.9. The van der Waals surface area contributed by atoms with Crippen LogP contribution in [-0.4, -0.2) is 37.8 Å². The number of amides is 1. The van der Waals surface area contributed by atoms with Crippen LogP contribution in [0.5, 0.6) is 0 Å². The molecule has 136 valence electrons. The summed E-state index contributed by atoms with van der Waals surface area (Å²) in [6.07, 6.45) is 6.61. The van der Waals surface area contributed by atoms with Crippen LogP contribution in [0.15, 0.2) is 23.1 Å². The molecule has 3 aliphatic rings. The number of hydrogen-bond donors (Lipinski definition) is 1. The van der Waals surface area contributed by atoms with Crippen LogP contribution < -0.4 is 5.32 Å². The lowest BCUT2D eigenvalue weighted by Gasteiger charge is -2.23. The van der Waals surface area contributed by atoms with E-state index in [1.165, 1.54) is 23.6 Å². The second-order valence-electron chi connectivity index (χ2n) is 7.84. The maximum Gasteiger partial charge on any atom is 0.251 e. The summed E-state index contributed by atoms with van der Waals surface area (Å²) in [7, 11) is -3.49. The standard InChI is InChI=1S/C19H26N2O3S/c1-13-4-7-16(25(23,24)21-8-2-3-9-21)12-17(13)19(22)20-18-11-14-5-6-15(18)10-14/h4,7,12,14-15,18H,2-3,5-6,8-11H2,1H3,(H,20,22). The Hall–Kier alpha value is -1.40. The highest BCUT2D eigenvalue weighted by Gasteiger charge is 2.40. The van der Waals surface area contributed by atoms with Gasteiger partial charge in [-0.05, 0) is 68.6 Å². The molecule has 1 aromatic carbocycles. The van der Waals surface area contributed by atoms with Crippen molar-refractivity contribution in [2.45, 2.75) is 56.4 Å². The molecule has 3 unspecified atom stereocenters. The number of nitrogens with one attached hydrogen (secondary N) is 1. The molecular weight excluding hydrogens is 336 g/mol. The molecule has 0 aromatic heterocycles. The molecule has 3 fully saturated rings. The van der Waals surface area contributed by atoms with Crippen molar-refractivity contribution in [2.75, 3.05) is 13.1 Å². The molecule has 2 aliphatic carbocycles. The minimum atomic E-state index is -3.49. The molecule has 0 spiro atoms. The predicted molar refractivity (Wildman–Crippen MR) is 95.9 cm³/mol. The second kappa shape index (κ2) is 6.40. The minimum Gasteiger partial charge on any atom is -0.349 e. The Bertz CT molecular complexity index is 784. The van der Waals surface area contributed by atoms with Crippen LogP contribution >= 0.6 is 0 Å². The predicted octanol–water partition coefficient (Wildman–Crippen LogP) is 2.70. The zero-order valence-corrected chi connectivity index (χ0v) is 15.5. The van der Waals surface area contributed by atoms with Gasteiger partial charge in [-0.1, -0.05) is 12.5 Å². The summed E-state index contributed by atoms with van der Waals surface area (Å²) in [6.45, 7) is 3.01. The Labute approximate surface area is 149 Å².